The summed E-state index contributed by atoms with van der Waals surface area (Å²) in [5, 5.41) is 0. The van der Waals surface area contributed by atoms with E-state index in [4.69, 9.17) is 19.4 Å². The fourth-order valence-corrected chi connectivity index (χ4v) is 7.89. The van der Waals surface area contributed by atoms with E-state index < -0.39 is 0 Å². The molecular weight excluding hydrogens is 877 g/mol. The number of halogens is 2. The van der Waals surface area contributed by atoms with E-state index >= 15 is 0 Å². The van der Waals surface area contributed by atoms with Crippen molar-refractivity contribution in [1.82, 2.24) is 0 Å². The largest absolute Gasteiger partial charge is 0.0901 e. The Bertz CT molecular complexity index is 1610. The van der Waals surface area contributed by atoms with Gasteiger partial charge in [0.2, 0.25) is 0 Å². The van der Waals surface area contributed by atoms with Gasteiger partial charge in [0, 0.05) is 39.2 Å². The van der Waals surface area contributed by atoms with Crippen LogP contribution in [0.3, 0.4) is 0 Å². The Morgan fingerprint density at radius 1 is 0.200 bits per heavy atom. The molecule has 278 valence electrons. The molecule has 0 aliphatic rings. The zero-order valence-electron chi connectivity index (χ0n) is 29.8. The molecular formula is C48H40Cl2RuS4. The van der Waals surface area contributed by atoms with Gasteiger partial charge in [0.15, 0.2) is 0 Å². The van der Waals surface area contributed by atoms with Crippen molar-refractivity contribution >= 4 is 66.4 Å². The van der Waals surface area contributed by atoms with Crippen molar-refractivity contribution in [3.8, 4) is 0 Å². The Morgan fingerprint density at radius 3 is 0.382 bits per heavy atom. The summed E-state index contributed by atoms with van der Waals surface area (Å²) < 4.78 is 0. The minimum Gasteiger partial charge on any atom is -0.0901 e. The van der Waals surface area contributed by atoms with Crippen molar-refractivity contribution in [2.45, 2.75) is 39.2 Å². The molecule has 8 aromatic carbocycles. The number of hydrogen-bond acceptors (Lipinski definition) is 4. The third kappa shape index (κ3) is 20.2. The summed E-state index contributed by atoms with van der Waals surface area (Å²) >= 11 is 6.80. The maximum atomic E-state index is 4.85. The molecule has 0 aromatic heterocycles. The van der Waals surface area contributed by atoms with Gasteiger partial charge < -0.3 is 0 Å². The zero-order chi connectivity index (χ0) is 38.4. The molecule has 8 rings (SSSR count). The van der Waals surface area contributed by atoms with Crippen LogP contribution in [0, 0.1) is 0 Å². The molecule has 0 heterocycles. The van der Waals surface area contributed by atoms with E-state index in [9.17, 15) is 0 Å². The summed E-state index contributed by atoms with van der Waals surface area (Å²) in [4.78, 5) is 10.3. The van der Waals surface area contributed by atoms with Crippen LogP contribution in [0.2, 0.25) is 0 Å². The summed E-state index contributed by atoms with van der Waals surface area (Å²) in [5.74, 6) is 0. The SMILES string of the molecule is [Cl][Ru][Cl].c1ccc(Sc2ccccc2)cc1.c1ccc(Sc2ccccc2)cc1.c1ccc(Sc2ccccc2)cc1.c1ccc(Sc2ccccc2)cc1. The smallest absolute Gasteiger partial charge is 0.0122 e. The molecule has 0 atom stereocenters. The fraction of sp³-hybridized carbons (Fsp3) is 0. The van der Waals surface area contributed by atoms with E-state index in [0.717, 1.165) is 0 Å². The zero-order valence-corrected chi connectivity index (χ0v) is 36.4. The van der Waals surface area contributed by atoms with Crippen LogP contribution in [0.25, 0.3) is 0 Å². The van der Waals surface area contributed by atoms with E-state index in [0.29, 0.717) is 0 Å². The second-order valence-electron chi connectivity index (χ2n) is 11.0. The third-order valence-corrected chi connectivity index (χ3v) is 11.0. The predicted molar refractivity (Wildman–Crippen MR) is 240 cm³/mol. The maximum Gasteiger partial charge on any atom is 0.0122 e. The average molecular weight is 917 g/mol. The minimum atomic E-state index is -0.346. The molecule has 0 spiro atoms. The molecule has 0 fully saturated rings. The first-order chi connectivity index (χ1) is 27.2. The van der Waals surface area contributed by atoms with E-state index in [1.807, 2.05) is 48.5 Å². The van der Waals surface area contributed by atoms with Crippen LogP contribution in [-0.2, 0) is 15.1 Å². The van der Waals surface area contributed by atoms with Gasteiger partial charge in [-0.3, -0.25) is 0 Å². The van der Waals surface area contributed by atoms with Crippen molar-refractivity contribution in [3.63, 3.8) is 0 Å². The maximum absolute atomic E-state index is 4.85. The summed E-state index contributed by atoms with van der Waals surface area (Å²) in [6.07, 6.45) is 0. The number of rotatable bonds is 8. The molecule has 0 radical (unpaired) electrons. The first-order valence-corrected chi connectivity index (χ1v) is 24.9. The Labute approximate surface area is 360 Å². The quantitative estimate of drug-likeness (QED) is 0.139. The first-order valence-electron chi connectivity index (χ1n) is 17.2. The molecule has 0 bridgehead atoms. The summed E-state index contributed by atoms with van der Waals surface area (Å²) in [6.45, 7) is 0. The van der Waals surface area contributed by atoms with Gasteiger partial charge in [-0.2, -0.15) is 0 Å². The van der Waals surface area contributed by atoms with Crippen molar-refractivity contribution in [1.29, 1.82) is 0 Å². The van der Waals surface area contributed by atoms with Crippen LogP contribution in [0.4, 0.5) is 0 Å². The molecule has 0 aliphatic heterocycles. The van der Waals surface area contributed by atoms with E-state index in [1.54, 1.807) is 47.0 Å². The molecule has 0 saturated carbocycles. The van der Waals surface area contributed by atoms with Crippen LogP contribution in [0.15, 0.2) is 282 Å². The topological polar surface area (TPSA) is 0 Å². The van der Waals surface area contributed by atoms with E-state index in [-0.39, 0.29) is 15.1 Å². The molecule has 8 aromatic rings. The normalized spacial score (nSPS) is 9.71. The minimum absolute atomic E-state index is 0.346. The van der Waals surface area contributed by atoms with Crippen LogP contribution < -0.4 is 0 Å². The molecule has 0 N–H and O–H groups in total. The van der Waals surface area contributed by atoms with E-state index in [1.165, 1.54) is 39.2 Å². The van der Waals surface area contributed by atoms with Gasteiger partial charge in [-0.25, -0.2) is 0 Å². The summed E-state index contributed by atoms with van der Waals surface area (Å²) in [6, 6.07) is 83.2. The van der Waals surface area contributed by atoms with Gasteiger partial charge in [-0.1, -0.05) is 193 Å². The number of benzene rings is 8. The van der Waals surface area contributed by atoms with Crippen LogP contribution in [0.1, 0.15) is 0 Å². The third-order valence-electron chi connectivity index (χ3n) is 6.89. The van der Waals surface area contributed by atoms with Crippen molar-refractivity contribution in [2.75, 3.05) is 0 Å². The second-order valence-corrected chi connectivity index (χ2v) is 18.2. The van der Waals surface area contributed by atoms with Crippen molar-refractivity contribution < 1.29 is 15.1 Å². The first kappa shape index (κ1) is 44.1. The van der Waals surface area contributed by atoms with Gasteiger partial charge in [0.1, 0.15) is 0 Å². The molecule has 0 amide bonds. The molecule has 0 aliphatic carbocycles. The summed E-state index contributed by atoms with van der Waals surface area (Å²) in [7, 11) is 9.71. The van der Waals surface area contributed by atoms with Crippen molar-refractivity contribution in [2.24, 2.45) is 0 Å². The van der Waals surface area contributed by atoms with Crippen molar-refractivity contribution in [3.05, 3.63) is 243 Å². The monoisotopic (exact) mass is 916 g/mol. The Balaban J connectivity index is 0.000000159. The van der Waals surface area contributed by atoms with Gasteiger partial charge in [0.25, 0.3) is 0 Å². The Morgan fingerprint density at radius 2 is 0.291 bits per heavy atom. The number of hydrogen-bond donors (Lipinski definition) is 0. The van der Waals surface area contributed by atoms with Gasteiger partial charge >= 0.3 is 34.5 Å². The Kier molecular flexibility index (Phi) is 23.0. The van der Waals surface area contributed by atoms with Crippen LogP contribution >= 0.6 is 66.4 Å². The van der Waals surface area contributed by atoms with Gasteiger partial charge in [-0.05, 0) is 97.1 Å². The molecule has 7 heteroatoms. The second kappa shape index (κ2) is 28.7. The standard InChI is InChI=1S/4C12H10S.2ClH.Ru/c4*1-3-7-11(8-4-1)13-12-9-5-2-6-10-12;;;/h4*1-10H;2*1H;/q;;;;;;+2/p-2. The van der Waals surface area contributed by atoms with Crippen LogP contribution in [0.5, 0.6) is 0 Å². The fourth-order valence-electron chi connectivity index (χ4n) is 4.45. The summed E-state index contributed by atoms with van der Waals surface area (Å²) in [5.41, 5.74) is 0. The van der Waals surface area contributed by atoms with E-state index in [2.05, 4.69) is 194 Å². The Hall–Kier alpha value is -3.64. The van der Waals surface area contributed by atoms with Gasteiger partial charge in [0.05, 0.1) is 0 Å². The molecule has 0 saturated heterocycles. The van der Waals surface area contributed by atoms with Gasteiger partial charge in [-0.15, -0.1) is 0 Å². The van der Waals surface area contributed by atoms with Crippen LogP contribution in [-0.4, -0.2) is 0 Å². The molecule has 55 heavy (non-hydrogen) atoms. The average Bonchev–Trinajstić information content (AvgIpc) is 3.25. The molecule has 0 nitrogen and oxygen atoms in total. The molecule has 0 unspecified atom stereocenters. The predicted octanol–water partition coefficient (Wildman–Crippen LogP) is 16.7.